The Hall–Kier alpha value is -2.82. The maximum atomic E-state index is 12.2. The van der Waals surface area contributed by atoms with Crippen molar-refractivity contribution in [2.75, 3.05) is 11.9 Å². The van der Waals surface area contributed by atoms with Crippen molar-refractivity contribution in [1.29, 1.82) is 0 Å². The van der Waals surface area contributed by atoms with E-state index >= 15 is 0 Å². The third kappa shape index (κ3) is 4.48. The summed E-state index contributed by atoms with van der Waals surface area (Å²) in [6, 6.07) is 9.81. The van der Waals surface area contributed by atoms with Crippen LogP contribution >= 0.6 is 0 Å². The molecule has 2 amide bonds. The topological polar surface area (TPSA) is 59.0 Å². The summed E-state index contributed by atoms with van der Waals surface area (Å²) in [5.74, 6) is 0.553. The Kier molecular flexibility index (Phi) is 5.79. The molecule has 0 spiro atoms. The Morgan fingerprint density at radius 3 is 2.78 bits per heavy atom. The average Bonchev–Trinajstić information content (AvgIpc) is 2.96. The maximum absolute atomic E-state index is 12.2. The van der Waals surface area contributed by atoms with Gasteiger partial charge in [-0.05, 0) is 61.1 Å². The van der Waals surface area contributed by atoms with Crippen LogP contribution in [0.2, 0.25) is 0 Å². The molecule has 1 aromatic carbocycles. The van der Waals surface area contributed by atoms with E-state index < -0.39 is 0 Å². The number of amides is 2. The third-order valence-corrected chi connectivity index (χ3v) is 4.81. The van der Waals surface area contributed by atoms with E-state index in [1.807, 2.05) is 44.3 Å². The van der Waals surface area contributed by atoms with E-state index in [-0.39, 0.29) is 6.03 Å². The van der Waals surface area contributed by atoms with E-state index in [0.29, 0.717) is 12.5 Å². The van der Waals surface area contributed by atoms with Crippen molar-refractivity contribution in [2.24, 2.45) is 5.92 Å². The number of hydrogen-bond acceptors (Lipinski definition) is 2. The lowest BCUT2D eigenvalue weighted by Crippen LogP contribution is -2.30. The summed E-state index contributed by atoms with van der Waals surface area (Å²) >= 11 is 0. The first-order valence-corrected chi connectivity index (χ1v) is 9.49. The summed E-state index contributed by atoms with van der Waals surface area (Å²) in [6.07, 6.45) is 4.77. The van der Waals surface area contributed by atoms with Crippen LogP contribution < -0.4 is 10.6 Å². The Labute approximate surface area is 160 Å². The molecule has 0 bridgehead atoms. The summed E-state index contributed by atoms with van der Waals surface area (Å²) in [5.41, 5.74) is 5.34. The van der Waals surface area contributed by atoms with Crippen LogP contribution in [-0.4, -0.2) is 22.1 Å². The smallest absolute Gasteiger partial charge is 0.319 e. The predicted molar refractivity (Wildman–Crippen MR) is 111 cm³/mol. The van der Waals surface area contributed by atoms with Gasteiger partial charge in [0.05, 0.1) is 0 Å². The lowest BCUT2D eigenvalue weighted by Gasteiger charge is -2.11. The third-order valence-electron chi connectivity index (χ3n) is 4.81. The fourth-order valence-electron chi connectivity index (χ4n) is 3.29. The number of fused-ring (bicyclic) bond motifs is 1. The van der Waals surface area contributed by atoms with E-state index in [9.17, 15) is 4.79 Å². The van der Waals surface area contributed by atoms with Crippen LogP contribution in [0.15, 0.2) is 42.7 Å². The normalized spacial score (nSPS) is 11.1. The lowest BCUT2D eigenvalue weighted by atomic mass is 10.1. The summed E-state index contributed by atoms with van der Waals surface area (Å²) in [6.45, 7) is 9.97. The van der Waals surface area contributed by atoms with Gasteiger partial charge in [-0.3, -0.25) is 0 Å². The second-order valence-corrected chi connectivity index (χ2v) is 7.45. The minimum Gasteiger partial charge on any atom is -0.338 e. The van der Waals surface area contributed by atoms with E-state index in [2.05, 4.69) is 46.3 Å². The van der Waals surface area contributed by atoms with Gasteiger partial charge in [-0.25, -0.2) is 9.78 Å². The molecule has 27 heavy (non-hydrogen) atoms. The number of anilines is 1. The Morgan fingerprint density at radius 1 is 1.19 bits per heavy atom. The van der Waals surface area contributed by atoms with E-state index in [0.717, 1.165) is 35.2 Å². The van der Waals surface area contributed by atoms with Gasteiger partial charge in [0.2, 0.25) is 0 Å². The number of nitrogens with zero attached hydrogens (tertiary/aromatic N) is 2. The maximum Gasteiger partial charge on any atom is 0.319 e. The first kappa shape index (κ1) is 19.0. The summed E-state index contributed by atoms with van der Waals surface area (Å²) < 4.78 is 2.21. The van der Waals surface area contributed by atoms with E-state index in [4.69, 9.17) is 0 Å². The monoisotopic (exact) mass is 364 g/mol. The van der Waals surface area contributed by atoms with Crippen LogP contribution in [0.25, 0.3) is 11.0 Å². The highest BCUT2D eigenvalue weighted by molar-refractivity contribution is 5.90. The number of aromatic nitrogens is 2. The number of pyridine rings is 1. The molecule has 0 fully saturated rings. The van der Waals surface area contributed by atoms with Crippen molar-refractivity contribution in [3.8, 4) is 0 Å². The van der Waals surface area contributed by atoms with Crippen molar-refractivity contribution >= 4 is 22.8 Å². The summed E-state index contributed by atoms with van der Waals surface area (Å²) in [4.78, 5) is 16.8. The zero-order valence-electron chi connectivity index (χ0n) is 16.5. The molecular weight excluding hydrogens is 336 g/mol. The zero-order valence-corrected chi connectivity index (χ0v) is 16.5. The van der Waals surface area contributed by atoms with Gasteiger partial charge in [-0.2, -0.15) is 0 Å². The zero-order chi connectivity index (χ0) is 19.4. The van der Waals surface area contributed by atoms with Crippen LogP contribution in [0.4, 0.5) is 10.5 Å². The number of nitrogens with one attached hydrogen (secondary N) is 2. The highest BCUT2D eigenvalue weighted by Crippen LogP contribution is 2.21. The second-order valence-electron chi connectivity index (χ2n) is 7.45. The number of hydrogen-bond donors (Lipinski definition) is 2. The Balaban J connectivity index is 1.63. The standard InChI is InChI=1S/C22H28N4O/c1-15(2)13-26-14-18(19-8-6-11-23-21(19)26)10-12-24-22(27)25-20-9-5-7-16(3)17(20)4/h5-9,11,14-15H,10,12-13H2,1-4H3,(H2,24,25,27). The SMILES string of the molecule is Cc1cccc(NC(=O)NCCc2cn(CC(C)C)c3ncccc23)c1C. The van der Waals surface area contributed by atoms with Crippen molar-refractivity contribution < 1.29 is 4.79 Å². The van der Waals surface area contributed by atoms with Gasteiger partial charge in [0.15, 0.2) is 0 Å². The van der Waals surface area contributed by atoms with Crippen LogP contribution in [0.3, 0.4) is 0 Å². The average molecular weight is 364 g/mol. The van der Waals surface area contributed by atoms with Gasteiger partial charge in [-0.15, -0.1) is 0 Å². The van der Waals surface area contributed by atoms with Crippen LogP contribution in [0, 0.1) is 19.8 Å². The minimum absolute atomic E-state index is 0.173. The Morgan fingerprint density at radius 2 is 2.00 bits per heavy atom. The highest BCUT2D eigenvalue weighted by atomic mass is 16.2. The first-order valence-electron chi connectivity index (χ1n) is 9.49. The number of benzene rings is 1. The number of rotatable bonds is 6. The van der Waals surface area contributed by atoms with Gasteiger partial charge in [0, 0.05) is 36.6 Å². The van der Waals surface area contributed by atoms with Crippen molar-refractivity contribution in [1.82, 2.24) is 14.9 Å². The molecule has 2 N–H and O–H groups in total. The molecule has 3 aromatic rings. The molecule has 5 heteroatoms. The first-order chi connectivity index (χ1) is 13.0. The lowest BCUT2D eigenvalue weighted by molar-refractivity contribution is 0.252. The van der Waals surface area contributed by atoms with Gasteiger partial charge in [0.1, 0.15) is 5.65 Å². The van der Waals surface area contributed by atoms with Gasteiger partial charge >= 0.3 is 6.03 Å². The summed E-state index contributed by atoms with van der Waals surface area (Å²) in [5, 5.41) is 7.06. The quantitative estimate of drug-likeness (QED) is 0.667. The highest BCUT2D eigenvalue weighted by Gasteiger charge is 2.11. The largest absolute Gasteiger partial charge is 0.338 e. The predicted octanol–water partition coefficient (Wildman–Crippen LogP) is 4.67. The molecule has 2 aromatic heterocycles. The number of urea groups is 1. The molecule has 5 nitrogen and oxygen atoms in total. The molecular formula is C22H28N4O. The molecule has 3 rings (SSSR count). The number of carbonyl (C=O) groups is 1. The van der Waals surface area contributed by atoms with Gasteiger partial charge in [-0.1, -0.05) is 26.0 Å². The molecule has 0 unspecified atom stereocenters. The fraction of sp³-hybridized carbons (Fsp3) is 0.364. The molecule has 142 valence electrons. The molecule has 0 aliphatic rings. The molecule has 0 radical (unpaired) electrons. The fourth-order valence-corrected chi connectivity index (χ4v) is 3.29. The minimum atomic E-state index is -0.173. The van der Waals surface area contributed by atoms with Gasteiger partial charge < -0.3 is 15.2 Å². The van der Waals surface area contributed by atoms with Crippen LogP contribution in [0.1, 0.15) is 30.5 Å². The van der Waals surface area contributed by atoms with Crippen LogP contribution in [-0.2, 0) is 13.0 Å². The van der Waals surface area contributed by atoms with Crippen molar-refractivity contribution in [2.45, 2.75) is 40.7 Å². The number of carbonyl (C=O) groups excluding carboxylic acids is 1. The molecule has 0 aliphatic heterocycles. The summed E-state index contributed by atoms with van der Waals surface area (Å²) in [7, 11) is 0. The van der Waals surface area contributed by atoms with Crippen molar-refractivity contribution in [3.63, 3.8) is 0 Å². The molecule has 0 aliphatic carbocycles. The van der Waals surface area contributed by atoms with Crippen molar-refractivity contribution in [3.05, 3.63) is 59.4 Å². The molecule has 0 atom stereocenters. The number of aryl methyl sites for hydroxylation is 1. The Bertz CT molecular complexity index is 943. The second kappa shape index (κ2) is 8.25. The van der Waals surface area contributed by atoms with Gasteiger partial charge in [0.25, 0.3) is 0 Å². The molecule has 0 saturated heterocycles. The van der Waals surface area contributed by atoms with E-state index in [1.54, 1.807) is 0 Å². The molecule has 2 heterocycles. The molecule has 0 saturated carbocycles. The van der Waals surface area contributed by atoms with E-state index in [1.165, 1.54) is 11.1 Å². The van der Waals surface area contributed by atoms with Crippen LogP contribution in [0.5, 0.6) is 0 Å².